The number of hydrogen-bond acceptors (Lipinski definition) is 6. The van der Waals surface area contributed by atoms with Crippen molar-refractivity contribution in [2.75, 3.05) is 11.4 Å². The first-order valence-electron chi connectivity index (χ1n) is 10.9. The van der Waals surface area contributed by atoms with E-state index in [1.54, 1.807) is 30.2 Å². The van der Waals surface area contributed by atoms with E-state index in [-0.39, 0.29) is 34.0 Å². The third-order valence-corrected chi connectivity index (χ3v) is 6.16. The number of nitrogens with zero attached hydrogens (tertiary/aromatic N) is 4. The third kappa shape index (κ3) is 4.20. The molecule has 3 atom stereocenters. The topological polar surface area (TPSA) is 108 Å². The lowest BCUT2D eigenvalue weighted by Crippen LogP contribution is -2.41. The standard InChI is InChI=1S/C25H24F2N6O/c1-14-9-11-33(24(14)29)23-17(25(34)32-15(2)19-8-3-4-10-30-19)13-31-20(12-28)21(23)16-6-5-7-18(26)22(16)27/h3-8,10,13-15,24H,9,11,29H2,1-2H3,(H,32,34). The summed E-state index contributed by atoms with van der Waals surface area (Å²) in [6.45, 7) is 4.24. The normalized spacial score (nSPS) is 18.4. The molecular weight excluding hydrogens is 438 g/mol. The molecule has 0 spiro atoms. The molecule has 7 nitrogen and oxygen atoms in total. The van der Waals surface area contributed by atoms with Crippen LogP contribution in [0, 0.1) is 28.9 Å². The lowest BCUT2D eigenvalue weighted by Gasteiger charge is -2.30. The molecule has 0 bridgehead atoms. The molecule has 1 fully saturated rings. The van der Waals surface area contributed by atoms with E-state index in [1.165, 1.54) is 18.3 Å². The van der Waals surface area contributed by atoms with Crippen LogP contribution in [0.15, 0.2) is 48.8 Å². The molecule has 0 aliphatic carbocycles. The van der Waals surface area contributed by atoms with Crippen LogP contribution in [0.25, 0.3) is 11.1 Å². The first-order valence-corrected chi connectivity index (χ1v) is 10.9. The van der Waals surface area contributed by atoms with Crippen LogP contribution >= 0.6 is 0 Å². The largest absolute Gasteiger partial charge is 0.355 e. The zero-order valence-electron chi connectivity index (χ0n) is 18.8. The van der Waals surface area contributed by atoms with Gasteiger partial charge in [0.25, 0.3) is 5.91 Å². The lowest BCUT2D eigenvalue weighted by atomic mass is 9.97. The van der Waals surface area contributed by atoms with Gasteiger partial charge in [-0.1, -0.05) is 25.1 Å². The van der Waals surface area contributed by atoms with Gasteiger partial charge in [0.05, 0.1) is 29.2 Å². The fourth-order valence-corrected chi connectivity index (χ4v) is 4.21. The average molecular weight is 463 g/mol. The minimum atomic E-state index is -1.12. The SMILES string of the molecule is CC(NC(=O)c1cnc(C#N)c(-c2cccc(F)c2F)c1N1CCC(C)C1N)c1ccccn1. The van der Waals surface area contributed by atoms with Crippen molar-refractivity contribution in [3.63, 3.8) is 0 Å². The van der Waals surface area contributed by atoms with Crippen LogP contribution in [0.2, 0.25) is 0 Å². The van der Waals surface area contributed by atoms with E-state index in [0.717, 1.165) is 12.5 Å². The molecule has 3 unspecified atom stereocenters. The number of rotatable bonds is 5. The number of carbonyl (C=O) groups excluding carboxylic acids is 1. The zero-order valence-corrected chi connectivity index (χ0v) is 18.8. The van der Waals surface area contributed by atoms with E-state index < -0.39 is 29.7 Å². The van der Waals surface area contributed by atoms with Crippen molar-refractivity contribution in [1.29, 1.82) is 5.26 Å². The second-order valence-electron chi connectivity index (χ2n) is 8.36. The fraction of sp³-hybridized carbons (Fsp3) is 0.280. The van der Waals surface area contributed by atoms with E-state index >= 15 is 0 Å². The Hall–Kier alpha value is -3.90. The van der Waals surface area contributed by atoms with Crippen molar-refractivity contribution >= 4 is 11.6 Å². The Labute approximate surface area is 196 Å². The Morgan fingerprint density at radius 3 is 2.71 bits per heavy atom. The first kappa shape index (κ1) is 23.3. The molecule has 0 saturated carbocycles. The van der Waals surface area contributed by atoms with Crippen LogP contribution in [0.4, 0.5) is 14.5 Å². The highest BCUT2D eigenvalue weighted by Crippen LogP contribution is 2.41. The molecule has 9 heteroatoms. The number of hydrogen-bond donors (Lipinski definition) is 2. The van der Waals surface area contributed by atoms with Gasteiger partial charge < -0.3 is 16.0 Å². The van der Waals surface area contributed by atoms with Gasteiger partial charge in [0.15, 0.2) is 11.6 Å². The molecule has 1 aliphatic heterocycles. The van der Waals surface area contributed by atoms with Crippen molar-refractivity contribution in [2.24, 2.45) is 11.7 Å². The second-order valence-corrected chi connectivity index (χ2v) is 8.36. The summed E-state index contributed by atoms with van der Waals surface area (Å²) >= 11 is 0. The number of halogens is 2. The highest BCUT2D eigenvalue weighted by molar-refractivity contribution is 6.04. The summed E-state index contributed by atoms with van der Waals surface area (Å²) in [5.41, 5.74) is 7.23. The number of nitrogens with two attached hydrogens (primary N) is 1. The predicted octanol–water partition coefficient (Wildman–Crippen LogP) is 3.92. The summed E-state index contributed by atoms with van der Waals surface area (Å²) in [5.74, 6) is -2.59. The Morgan fingerprint density at radius 1 is 1.26 bits per heavy atom. The Balaban J connectivity index is 1.89. The Bertz CT molecular complexity index is 1260. The van der Waals surface area contributed by atoms with E-state index in [1.807, 2.05) is 19.1 Å². The van der Waals surface area contributed by atoms with Gasteiger partial charge in [-0.2, -0.15) is 5.26 Å². The molecule has 3 N–H and O–H groups in total. The number of anilines is 1. The second kappa shape index (κ2) is 9.53. The fourth-order valence-electron chi connectivity index (χ4n) is 4.21. The molecule has 3 aromatic rings. The van der Waals surface area contributed by atoms with Gasteiger partial charge >= 0.3 is 0 Å². The van der Waals surface area contributed by atoms with E-state index in [9.17, 15) is 18.8 Å². The monoisotopic (exact) mass is 462 g/mol. The highest BCUT2D eigenvalue weighted by atomic mass is 19.2. The summed E-state index contributed by atoms with van der Waals surface area (Å²) in [4.78, 5) is 23.6. The maximum atomic E-state index is 14.9. The summed E-state index contributed by atoms with van der Waals surface area (Å²) in [6.07, 6.45) is 3.17. The van der Waals surface area contributed by atoms with Crippen LogP contribution in [-0.2, 0) is 0 Å². The van der Waals surface area contributed by atoms with Crippen molar-refractivity contribution in [2.45, 2.75) is 32.5 Å². The minimum absolute atomic E-state index is 0.0437. The van der Waals surface area contributed by atoms with Gasteiger partial charge in [-0.3, -0.25) is 9.78 Å². The molecule has 174 valence electrons. The molecule has 34 heavy (non-hydrogen) atoms. The van der Waals surface area contributed by atoms with Crippen molar-refractivity contribution in [3.05, 3.63) is 77.4 Å². The molecule has 1 aliphatic rings. The minimum Gasteiger partial charge on any atom is -0.355 e. The van der Waals surface area contributed by atoms with Gasteiger partial charge in [0, 0.05) is 30.1 Å². The number of benzene rings is 1. The number of nitrogens with one attached hydrogen (secondary N) is 1. The number of pyridine rings is 2. The number of aromatic nitrogens is 2. The van der Waals surface area contributed by atoms with Gasteiger partial charge in [0.2, 0.25) is 0 Å². The molecule has 3 heterocycles. The summed E-state index contributed by atoms with van der Waals surface area (Å²) in [5, 5.41) is 12.6. The first-order chi connectivity index (χ1) is 16.3. The molecule has 1 amide bonds. The zero-order chi connectivity index (χ0) is 24.4. The Morgan fingerprint density at radius 2 is 2.06 bits per heavy atom. The van der Waals surface area contributed by atoms with Gasteiger partial charge in [-0.25, -0.2) is 13.8 Å². The molecular formula is C25H24F2N6O. The number of carbonyl (C=O) groups is 1. The molecule has 0 radical (unpaired) electrons. The smallest absolute Gasteiger partial charge is 0.255 e. The van der Waals surface area contributed by atoms with Crippen molar-refractivity contribution in [3.8, 4) is 17.2 Å². The van der Waals surface area contributed by atoms with E-state index in [0.29, 0.717) is 12.2 Å². The summed E-state index contributed by atoms with van der Waals surface area (Å²) in [7, 11) is 0. The maximum absolute atomic E-state index is 14.9. The van der Waals surface area contributed by atoms with E-state index in [2.05, 4.69) is 15.3 Å². The highest BCUT2D eigenvalue weighted by Gasteiger charge is 2.35. The van der Waals surface area contributed by atoms with E-state index in [4.69, 9.17) is 5.73 Å². The predicted molar refractivity (Wildman–Crippen MR) is 124 cm³/mol. The summed E-state index contributed by atoms with van der Waals surface area (Å²) in [6, 6.07) is 10.6. The molecule has 2 aromatic heterocycles. The molecule has 1 saturated heterocycles. The lowest BCUT2D eigenvalue weighted by molar-refractivity contribution is 0.0939. The van der Waals surface area contributed by atoms with Crippen LogP contribution in [0.1, 0.15) is 48.1 Å². The van der Waals surface area contributed by atoms with Crippen LogP contribution < -0.4 is 16.0 Å². The average Bonchev–Trinajstić information content (AvgIpc) is 3.18. The van der Waals surface area contributed by atoms with Gasteiger partial charge in [-0.05, 0) is 37.5 Å². The van der Waals surface area contributed by atoms with Crippen LogP contribution in [0.3, 0.4) is 0 Å². The van der Waals surface area contributed by atoms with Gasteiger partial charge in [-0.15, -0.1) is 0 Å². The maximum Gasteiger partial charge on any atom is 0.255 e. The van der Waals surface area contributed by atoms with Crippen LogP contribution in [-0.4, -0.2) is 28.6 Å². The quantitative estimate of drug-likeness (QED) is 0.595. The summed E-state index contributed by atoms with van der Waals surface area (Å²) < 4.78 is 29.1. The van der Waals surface area contributed by atoms with Crippen molar-refractivity contribution in [1.82, 2.24) is 15.3 Å². The number of amides is 1. The molecule has 4 rings (SSSR count). The Kier molecular flexibility index (Phi) is 6.52. The van der Waals surface area contributed by atoms with Crippen LogP contribution in [0.5, 0.6) is 0 Å². The van der Waals surface area contributed by atoms with Crippen molar-refractivity contribution < 1.29 is 13.6 Å². The van der Waals surface area contributed by atoms with Gasteiger partial charge in [0.1, 0.15) is 11.8 Å². The third-order valence-electron chi connectivity index (χ3n) is 6.16. The molecule has 1 aromatic carbocycles. The number of nitriles is 1.